The second-order valence-corrected chi connectivity index (χ2v) is 5.30. The van der Waals surface area contributed by atoms with Crippen molar-refractivity contribution < 1.29 is 0 Å². The van der Waals surface area contributed by atoms with Crippen LogP contribution in [0.2, 0.25) is 0 Å². The second kappa shape index (κ2) is 4.76. The molecule has 18 heavy (non-hydrogen) atoms. The third-order valence-electron chi connectivity index (χ3n) is 3.69. The molecule has 1 N–H and O–H groups in total. The average molecular weight is 265 g/mol. The summed E-state index contributed by atoms with van der Waals surface area (Å²) in [4.78, 5) is 4.44. The first-order chi connectivity index (χ1) is 8.78. The number of alkyl halides is 1. The maximum atomic E-state index is 6.01. The van der Waals surface area contributed by atoms with Gasteiger partial charge in [0, 0.05) is 24.3 Å². The number of aryl methyl sites for hydroxylation is 1. The molecule has 5 heteroatoms. The van der Waals surface area contributed by atoms with E-state index in [1.54, 1.807) is 6.20 Å². The van der Waals surface area contributed by atoms with Gasteiger partial charge in [0.15, 0.2) is 5.82 Å². The lowest BCUT2D eigenvalue weighted by atomic mass is 10.1. The predicted molar refractivity (Wildman–Crippen MR) is 73.2 cm³/mol. The normalized spacial score (nSPS) is 23.7. The van der Waals surface area contributed by atoms with Gasteiger partial charge in [-0.2, -0.15) is 5.10 Å². The lowest BCUT2D eigenvalue weighted by molar-refractivity contribution is 0.561. The Hall–Kier alpha value is -1.29. The van der Waals surface area contributed by atoms with Crippen LogP contribution in [0.1, 0.15) is 25.0 Å². The van der Waals surface area contributed by atoms with Crippen LogP contribution in [-0.2, 0) is 0 Å². The Morgan fingerprint density at radius 3 is 3.22 bits per heavy atom. The molecule has 1 fully saturated rings. The number of aromatic nitrogens is 3. The Morgan fingerprint density at radius 2 is 2.39 bits per heavy atom. The summed E-state index contributed by atoms with van der Waals surface area (Å²) >= 11 is 6.01. The molecule has 0 saturated heterocycles. The van der Waals surface area contributed by atoms with Crippen LogP contribution < -0.4 is 5.32 Å². The minimum absolute atomic E-state index is 0.441. The zero-order chi connectivity index (χ0) is 12.5. The van der Waals surface area contributed by atoms with Gasteiger partial charge in [-0.15, -0.1) is 11.6 Å². The first kappa shape index (κ1) is 11.8. The van der Waals surface area contributed by atoms with Crippen molar-refractivity contribution in [3.05, 3.63) is 24.2 Å². The van der Waals surface area contributed by atoms with Crippen LogP contribution in [0.25, 0.3) is 5.52 Å². The average Bonchev–Trinajstić information content (AvgIpc) is 2.94. The van der Waals surface area contributed by atoms with Crippen LogP contribution in [-0.4, -0.2) is 26.5 Å². The standard InChI is InChI=1S/C13H17ClN4/c1-9-7-12-13(15-5-6-18(12)17-9)16-11-4-2-3-10(11)8-14/h5-7,10-11H,2-4,8H2,1H3,(H,15,16). The summed E-state index contributed by atoms with van der Waals surface area (Å²) in [5.74, 6) is 2.19. The van der Waals surface area contributed by atoms with E-state index in [1.807, 2.05) is 17.6 Å². The van der Waals surface area contributed by atoms with E-state index in [0.717, 1.165) is 22.9 Å². The van der Waals surface area contributed by atoms with Crippen molar-refractivity contribution in [1.82, 2.24) is 14.6 Å². The van der Waals surface area contributed by atoms with Crippen molar-refractivity contribution in [1.29, 1.82) is 0 Å². The van der Waals surface area contributed by atoms with Gasteiger partial charge in [0.2, 0.25) is 0 Å². The molecule has 4 nitrogen and oxygen atoms in total. The zero-order valence-corrected chi connectivity index (χ0v) is 11.2. The minimum atomic E-state index is 0.441. The molecule has 0 aromatic carbocycles. The van der Waals surface area contributed by atoms with Crippen molar-refractivity contribution in [2.45, 2.75) is 32.2 Å². The molecule has 0 bridgehead atoms. The van der Waals surface area contributed by atoms with Gasteiger partial charge in [0.05, 0.1) is 5.69 Å². The summed E-state index contributed by atoms with van der Waals surface area (Å²) < 4.78 is 1.87. The molecular formula is C13H17ClN4. The molecule has 0 aliphatic heterocycles. The third-order valence-corrected chi connectivity index (χ3v) is 4.09. The maximum Gasteiger partial charge on any atom is 0.152 e. The van der Waals surface area contributed by atoms with Crippen molar-refractivity contribution in [2.24, 2.45) is 5.92 Å². The van der Waals surface area contributed by atoms with Gasteiger partial charge in [-0.1, -0.05) is 6.42 Å². The van der Waals surface area contributed by atoms with Gasteiger partial charge in [0.25, 0.3) is 0 Å². The molecule has 2 unspecified atom stereocenters. The van der Waals surface area contributed by atoms with Crippen LogP contribution in [0.4, 0.5) is 5.82 Å². The van der Waals surface area contributed by atoms with E-state index < -0.39 is 0 Å². The largest absolute Gasteiger partial charge is 0.365 e. The number of hydrogen-bond acceptors (Lipinski definition) is 3. The summed E-state index contributed by atoms with van der Waals surface area (Å²) in [6, 6.07) is 2.50. The van der Waals surface area contributed by atoms with Gasteiger partial charge in [-0.3, -0.25) is 0 Å². The van der Waals surface area contributed by atoms with Crippen LogP contribution in [0, 0.1) is 12.8 Å². The number of anilines is 1. The fourth-order valence-corrected chi connectivity index (χ4v) is 3.11. The van der Waals surface area contributed by atoms with Gasteiger partial charge in [-0.25, -0.2) is 9.50 Å². The lowest BCUT2D eigenvalue weighted by Gasteiger charge is -2.19. The highest BCUT2D eigenvalue weighted by Gasteiger charge is 2.27. The number of hydrogen-bond donors (Lipinski definition) is 1. The van der Waals surface area contributed by atoms with E-state index in [4.69, 9.17) is 11.6 Å². The molecule has 0 amide bonds. The SMILES string of the molecule is Cc1cc2c(NC3CCCC3CCl)nccn2n1. The molecule has 96 valence electrons. The van der Waals surface area contributed by atoms with Crippen molar-refractivity contribution in [2.75, 3.05) is 11.2 Å². The predicted octanol–water partition coefficient (Wildman–Crippen LogP) is 2.86. The first-order valence-electron chi connectivity index (χ1n) is 6.41. The Labute approximate surface area is 111 Å². The summed E-state index contributed by atoms with van der Waals surface area (Å²) in [6.45, 7) is 1.99. The Bertz CT molecular complexity index is 551. The molecule has 1 aliphatic rings. The molecule has 0 spiro atoms. The van der Waals surface area contributed by atoms with E-state index in [2.05, 4.69) is 21.5 Å². The molecule has 2 atom stereocenters. The van der Waals surface area contributed by atoms with E-state index in [1.165, 1.54) is 19.3 Å². The number of halogens is 1. The number of fused-ring (bicyclic) bond motifs is 1. The topological polar surface area (TPSA) is 42.2 Å². The second-order valence-electron chi connectivity index (χ2n) is 4.99. The van der Waals surface area contributed by atoms with E-state index >= 15 is 0 Å². The quantitative estimate of drug-likeness (QED) is 0.867. The Balaban J connectivity index is 1.90. The summed E-state index contributed by atoms with van der Waals surface area (Å²) in [6.07, 6.45) is 7.29. The smallest absolute Gasteiger partial charge is 0.152 e. The molecule has 1 aliphatic carbocycles. The van der Waals surface area contributed by atoms with Crippen molar-refractivity contribution >= 4 is 22.9 Å². The highest BCUT2D eigenvalue weighted by molar-refractivity contribution is 6.18. The minimum Gasteiger partial charge on any atom is -0.365 e. The molecule has 2 heterocycles. The van der Waals surface area contributed by atoms with E-state index in [9.17, 15) is 0 Å². The fourth-order valence-electron chi connectivity index (χ4n) is 2.74. The number of nitrogens with one attached hydrogen (secondary N) is 1. The summed E-state index contributed by atoms with van der Waals surface area (Å²) in [7, 11) is 0. The van der Waals surface area contributed by atoms with Crippen molar-refractivity contribution in [3.63, 3.8) is 0 Å². The molecule has 0 radical (unpaired) electrons. The highest BCUT2D eigenvalue weighted by atomic mass is 35.5. The molecule has 2 aromatic heterocycles. The van der Waals surface area contributed by atoms with Gasteiger partial charge in [0.1, 0.15) is 5.52 Å². The number of rotatable bonds is 3. The lowest BCUT2D eigenvalue weighted by Crippen LogP contribution is -2.25. The molecular weight excluding hydrogens is 248 g/mol. The van der Waals surface area contributed by atoms with Gasteiger partial charge >= 0.3 is 0 Å². The Kier molecular flexibility index (Phi) is 3.12. The number of nitrogens with zero attached hydrogens (tertiary/aromatic N) is 3. The van der Waals surface area contributed by atoms with Crippen molar-refractivity contribution in [3.8, 4) is 0 Å². The third kappa shape index (κ3) is 2.05. The van der Waals surface area contributed by atoms with Gasteiger partial charge < -0.3 is 5.32 Å². The fraction of sp³-hybridized carbons (Fsp3) is 0.538. The zero-order valence-electron chi connectivity index (χ0n) is 10.4. The molecule has 1 saturated carbocycles. The van der Waals surface area contributed by atoms with Crippen LogP contribution in [0.15, 0.2) is 18.5 Å². The van der Waals surface area contributed by atoms with E-state index in [-0.39, 0.29) is 0 Å². The summed E-state index contributed by atoms with van der Waals surface area (Å²) in [5, 5.41) is 7.94. The molecule has 3 rings (SSSR count). The van der Waals surface area contributed by atoms with Crippen LogP contribution in [0.5, 0.6) is 0 Å². The monoisotopic (exact) mass is 264 g/mol. The maximum absolute atomic E-state index is 6.01. The van der Waals surface area contributed by atoms with Crippen LogP contribution in [0.3, 0.4) is 0 Å². The first-order valence-corrected chi connectivity index (χ1v) is 6.95. The van der Waals surface area contributed by atoms with E-state index in [0.29, 0.717) is 12.0 Å². The Morgan fingerprint density at radius 1 is 1.50 bits per heavy atom. The summed E-state index contributed by atoms with van der Waals surface area (Å²) in [5.41, 5.74) is 2.04. The van der Waals surface area contributed by atoms with Gasteiger partial charge in [-0.05, 0) is 31.7 Å². The highest BCUT2D eigenvalue weighted by Crippen LogP contribution is 2.30. The molecule has 2 aromatic rings. The van der Waals surface area contributed by atoms with Crippen LogP contribution >= 0.6 is 11.6 Å².